The highest BCUT2D eigenvalue weighted by atomic mass is 127. The van der Waals surface area contributed by atoms with Crippen LogP contribution in [0.1, 0.15) is 36.5 Å². The van der Waals surface area contributed by atoms with Crippen LogP contribution >= 0.6 is 22.6 Å². The van der Waals surface area contributed by atoms with Gasteiger partial charge in [-0.1, -0.05) is 22.6 Å². The summed E-state index contributed by atoms with van der Waals surface area (Å²) in [6.07, 6.45) is -1.05. The molecule has 3 unspecified atom stereocenters. The van der Waals surface area contributed by atoms with Crippen LogP contribution in [0.15, 0.2) is 0 Å². The standard InChI is InChI=1S/C15H17F3INO2/c1-7-11(12(8(2)21-4)9(3)22-6-19)15(18)14(17)10(5-20)13(7)16/h8-9,12H,6H2,1-4H3. The number of ether oxygens (including phenoxy) is 2. The van der Waals surface area contributed by atoms with Gasteiger partial charge in [-0.25, -0.2) is 13.2 Å². The van der Waals surface area contributed by atoms with Gasteiger partial charge in [0, 0.05) is 18.6 Å². The van der Waals surface area contributed by atoms with Crippen LogP contribution in [0.4, 0.5) is 13.2 Å². The zero-order valence-electron chi connectivity index (χ0n) is 12.7. The van der Waals surface area contributed by atoms with Crippen LogP contribution < -0.4 is 0 Å². The van der Waals surface area contributed by atoms with Gasteiger partial charge in [-0.2, -0.15) is 5.26 Å². The highest BCUT2D eigenvalue weighted by molar-refractivity contribution is 14.1. The van der Waals surface area contributed by atoms with Gasteiger partial charge in [0.25, 0.3) is 0 Å². The fourth-order valence-corrected chi connectivity index (χ4v) is 3.06. The number of nitriles is 1. The summed E-state index contributed by atoms with van der Waals surface area (Å²) in [5.41, 5.74) is -1.17. The SMILES string of the molecule is COC(C)C(c1c(C)c(F)c(C#N)c(F)c1F)C(C)OCI. The van der Waals surface area contributed by atoms with Gasteiger partial charge in [0.15, 0.2) is 11.6 Å². The van der Waals surface area contributed by atoms with E-state index in [-0.39, 0.29) is 11.1 Å². The van der Waals surface area contributed by atoms with E-state index in [1.54, 1.807) is 13.8 Å². The molecule has 0 aliphatic carbocycles. The van der Waals surface area contributed by atoms with Crippen molar-refractivity contribution in [3.8, 4) is 6.07 Å². The minimum absolute atomic E-state index is 0.103. The Morgan fingerprint density at radius 2 is 1.73 bits per heavy atom. The molecule has 0 saturated carbocycles. The number of rotatable bonds is 6. The molecule has 0 aliphatic heterocycles. The highest BCUT2D eigenvalue weighted by Gasteiger charge is 2.34. The van der Waals surface area contributed by atoms with Gasteiger partial charge in [-0.15, -0.1) is 0 Å². The summed E-state index contributed by atoms with van der Waals surface area (Å²) in [6.45, 7) is 4.68. The van der Waals surface area contributed by atoms with Crippen molar-refractivity contribution in [3.63, 3.8) is 0 Å². The van der Waals surface area contributed by atoms with E-state index in [2.05, 4.69) is 0 Å². The van der Waals surface area contributed by atoms with E-state index < -0.39 is 41.1 Å². The Morgan fingerprint density at radius 1 is 1.14 bits per heavy atom. The maximum absolute atomic E-state index is 14.4. The lowest BCUT2D eigenvalue weighted by Gasteiger charge is -2.30. The number of nitrogens with zero attached hydrogens (tertiary/aromatic N) is 1. The van der Waals surface area contributed by atoms with Crippen LogP contribution in [0.2, 0.25) is 0 Å². The molecule has 1 rings (SSSR count). The predicted molar refractivity (Wildman–Crippen MR) is 84.4 cm³/mol. The molecule has 1 aromatic rings. The third kappa shape index (κ3) is 3.55. The zero-order valence-corrected chi connectivity index (χ0v) is 14.9. The summed E-state index contributed by atoms with van der Waals surface area (Å²) in [5, 5.41) is 8.78. The Hall–Kier alpha value is -0.850. The van der Waals surface area contributed by atoms with Crippen molar-refractivity contribution in [2.24, 2.45) is 0 Å². The predicted octanol–water partition coefficient (Wildman–Crippen LogP) is 4.20. The van der Waals surface area contributed by atoms with Crippen molar-refractivity contribution in [3.05, 3.63) is 34.1 Å². The summed E-state index contributed by atoms with van der Waals surface area (Å²) in [7, 11) is 1.43. The van der Waals surface area contributed by atoms with Crippen LogP contribution in [-0.4, -0.2) is 23.9 Å². The first-order valence-corrected chi connectivity index (χ1v) is 8.11. The van der Waals surface area contributed by atoms with Crippen LogP contribution in [0.25, 0.3) is 0 Å². The minimum atomic E-state index is -1.48. The Balaban J connectivity index is 3.59. The smallest absolute Gasteiger partial charge is 0.179 e. The van der Waals surface area contributed by atoms with Gasteiger partial charge < -0.3 is 9.47 Å². The molecular weight excluding hydrogens is 410 g/mol. The van der Waals surface area contributed by atoms with Gasteiger partial charge in [0.05, 0.1) is 16.8 Å². The van der Waals surface area contributed by atoms with Gasteiger partial charge in [0.1, 0.15) is 17.4 Å². The molecule has 0 heterocycles. The molecule has 0 bridgehead atoms. The maximum atomic E-state index is 14.4. The minimum Gasteiger partial charge on any atom is -0.381 e. The van der Waals surface area contributed by atoms with Crippen molar-refractivity contribution < 1.29 is 22.6 Å². The molecule has 0 radical (unpaired) electrons. The molecule has 0 aliphatic rings. The molecule has 7 heteroatoms. The number of hydrogen-bond acceptors (Lipinski definition) is 3. The van der Waals surface area contributed by atoms with E-state index in [1.807, 2.05) is 22.6 Å². The molecule has 22 heavy (non-hydrogen) atoms. The average molecular weight is 427 g/mol. The number of halogens is 4. The summed E-state index contributed by atoms with van der Waals surface area (Å²) in [4.78, 5) is 0. The Morgan fingerprint density at radius 3 is 2.18 bits per heavy atom. The number of benzene rings is 1. The summed E-state index contributed by atoms with van der Waals surface area (Å²) in [5.74, 6) is -4.47. The molecule has 3 atom stereocenters. The molecule has 0 aromatic heterocycles. The summed E-state index contributed by atoms with van der Waals surface area (Å²) >= 11 is 1.98. The van der Waals surface area contributed by atoms with E-state index in [9.17, 15) is 13.2 Å². The van der Waals surface area contributed by atoms with Gasteiger partial charge in [0.2, 0.25) is 0 Å². The molecule has 1 aromatic carbocycles. The zero-order chi connectivity index (χ0) is 17.0. The molecule has 122 valence electrons. The molecular formula is C15H17F3INO2. The van der Waals surface area contributed by atoms with Crippen LogP contribution in [-0.2, 0) is 9.47 Å². The van der Waals surface area contributed by atoms with Crippen molar-refractivity contribution >= 4 is 22.6 Å². The average Bonchev–Trinajstić information content (AvgIpc) is 2.49. The van der Waals surface area contributed by atoms with Gasteiger partial charge in [-0.3, -0.25) is 0 Å². The van der Waals surface area contributed by atoms with Crippen molar-refractivity contribution in [2.75, 3.05) is 11.7 Å². The lowest BCUT2D eigenvalue weighted by molar-refractivity contribution is 0.0125. The van der Waals surface area contributed by atoms with Gasteiger partial charge in [-0.05, 0) is 26.3 Å². The van der Waals surface area contributed by atoms with E-state index in [1.165, 1.54) is 20.1 Å². The molecule has 0 fully saturated rings. The second-order valence-corrected chi connectivity index (χ2v) is 5.54. The Bertz CT molecular complexity index is 560. The number of alkyl halides is 1. The lowest BCUT2D eigenvalue weighted by atomic mass is 9.85. The molecule has 0 N–H and O–H groups in total. The second-order valence-electron chi connectivity index (χ2n) is 4.91. The second kappa shape index (κ2) is 8.13. The normalized spacial score (nSPS) is 15.2. The lowest BCUT2D eigenvalue weighted by Crippen LogP contribution is -2.31. The van der Waals surface area contributed by atoms with Gasteiger partial charge >= 0.3 is 0 Å². The summed E-state index contributed by atoms with van der Waals surface area (Å²) in [6, 6.07) is 1.36. The molecule has 3 nitrogen and oxygen atoms in total. The topological polar surface area (TPSA) is 42.2 Å². The summed E-state index contributed by atoms with van der Waals surface area (Å²) < 4.78 is 53.6. The monoisotopic (exact) mass is 427 g/mol. The Labute approximate surface area is 141 Å². The quantitative estimate of drug-likeness (QED) is 0.388. The van der Waals surface area contributed by atoms with Crippen molar-refractivity contribution in [2.45, 2.75) is 38.9 Å². The Kier molecular flexibility index (Phi) is 7.09. The van der Waals surface area contributed by atoms with E-state index in [0.717, 1.165) is 0 Å². The van der Waals surface area contributed by atoms with E-state index >= 15 is 0 Å². The first-order chi connectivity index (χ1) is 10.3. The fraction of sp³-hybridized carbons (Fsp3) is 0.533. The van der Waals surface area contributed by atoms with Crippen LogP contribution in [0.5, 0.6) is 0 Å². The van der Waals surface area contributed by atoms with Crippen LogP contribution in [0.3, 0.4) is 0 Å². The van der Waals surface area contributed by atoms with E-state index in [0.29, 0.717) is 4.61 Å². The van der Waals surface area contributed by atoms with Crippen molar-refractivity contribution in [1.29, 1.82) is 5.26 Å². The molecule has 0 saturated heterocycles. The first-order valence-electron chi connectivity index (χ1n) is 6.59. The number of hydrogen-bond donors (Lipinski definition) is 0. The third-order valence-electron chi connectivity index (χ3n) is 3.76. The third-order valence-corrected chi connectivity index (χ3v) is 4.12. The first kappa shape index (κ1) is 19.2. The largest absolute Gasteiger partial charge is 0.381 e. The van der Waals surface area contributed by atoms with Crippen molar-refractivity contribution in [1.82, 2.24) is 0 Å². The highest BCUT2D eigenvalue weighted by Crippen LogP contribution is 2.35. The number of methoxy groups -OCH3 is 1. The maximum Gasteiger partial charge on any atom is 0.179 e. The molecule has 0 amide bonds. The fourth-order valence-electron chi connectivity index (χ4n) is 2.49. The van der Waals surface area contributed by atoms with Crippen LogP contribution in [0, 0.1) is 35.7 Å². The molecule has 0 spiro atoms. The van der Waals surface area contributed by atoms with E-state index in [4.69, 9.17) is 14.7 Å².